The van der Waals surface area contributed by atoms with Crippen molar-refractivity contribution in [3.8, 4) is 0 Å². The maximum Gasteiger partial charge on any atom is 0.0719 e. The van der Waals surface area contributed by atoms with E-state index in [9.17, 15) is 0 Å². The largest absolute Gasteiger partial charge is 0.0882 e. The monoisotopic (exact) mass is 338 g/mol. The Morgan fingerprint density at radius 3 is 1.85 bits per heavy atom. The summed E-state index contributed by atoms with van der Waals surface area (Å²) in [4.78, 5) is 0. The van der Waals surface area contributed by atoms with Gasteiger partial charge in [-0.25, -0.2) is 0 Å². The molecule has 106 valence electrons. The molecule has 0 nitrogen and oxygen atoms in total. The zero-order valence-electron chi connectivity index (χ0n) is 11.6. The SMILES string of the molecule is CCCCSSP(=S)(c1ccccc1)c1ccccc1. The van der Waals surface area contributed by atoms with Crippen LogP contribution in [0.4, 0.5) is 0 Å². The van der Waals surface area contributed by atoms with Gasteiger partial charge in [-0.05, 0) is 27.4 Å². The molecule has 0 saturated heterocycles. The third-order valence-corrected chi connectivity index (χ3v) is 14.1. The zero-order chi connectivity index (χ0) is 14.3. The third-order valence-electron chi connectivity index (χ3n) is 2.93. The van der Waals surface area contributed by atoms with Crippen molar-refractivity contribution in [1.29, 1.82) is 0 Å². The Hall–Kier alpha value is -0.210. The molecule has 2 rings (SSSR count). The van der Waals surface area contributed by atoms with Crippen molar-refractivity contribution in [3.63, 3.8) is 0 Å². The van der Waals surface area contributed by atoms with Gasteiger partial charge in [0.2, 0.25) is 0 Å². The van der Waals surface area contributed by atoms with Gasteiger partial charge in [0, 0.05) is 5.75 Å². The lowest BCUT2D eigenvalue weighted by Crippen LogP contribution is -2.12. The number of hydrogen-bond donors (Lipinski definition) is 0. The lowest BCUT2D eigenvalue weighted by atomic mass is 10.4. The maximum absolute atomic E-state index is 6.14. The van der Waals surface area contributed by atoms with E-state index in [0.29, 0.717) is 0 Å². The summed E-state index contributed by atoms with van der Waals surface area (Å²) in [7, 11) is 3.85. The molecule has 0 N–H and O–H groups in total. The highest BCUT2D eigenvalue weighted by Gasteiger charge is 2.23. The van der Waals surface area contributed by atoms with Crippen molar-refractivity contribution in [2.24, 2.45) is 0 Å². The van der Waals surface area contributed by atoms with E-state index in [1.54, 1.807) is 0 Å². The number of unbranched alkanes of at least 4 members (excludes halogenated alkanes) is 1. The van der Waals surface area contributed by atoms with Crippen LogP contribution in [-0.2, 0) is 11.8 Å². The van der Waals surface area contributed by atoms with Crippen molar-refractivity contribution >= 4 is 48.9 Å². The van der Waals surface area contributed by atoms with E-state index in [4.69, 9.17) is 11.8 Å². The Morgan fingerprint density at radius 1 is 0.900 bits per heavy atom. The van der Waals surface area contributed by atoms with Gasteiger partial charge in [-0.2, -0.15) is 0 Å². The predicted molar refractivity (Wildman–Crippen MR) is 101 cm³/mol. The average molecular weight is 339 g/mol. The standard InChI is InChI=1S/C16H19PS3/c1-2-3-14-19-20-17(18,15-10-6-4-7-11-15)16-12-8-5-9-13-16/h4-13H,2-3,14H2,1H3. The van der Waals surface area contributed by atoms with E-state index in [-0.39, 0.29) is 0 Å². The van der Waals surface area contributed by atoms with Crippen LogP contribution in [0.25, 0.3) is 0 Å². The zero-order valence-corrected chi connectivity index (χ0v) is 14.9. The summed E-state index contributed by atoms with van der Waals surface area (Å²) in [6.07, 6.45) is 2.50. The molecular weight excluding hydrogens is 319 g/mol. The molecule has 2 aromatic carbocycles. The van der Waals surface area contributed by atoms with Gasteiger partial charge in [-0.1, -0.05) is 96.6 Å². The van der Waals surface area contributed by atoms with Crippen molar-refractivity contribution in [3.05, 3.63) is 60.7 Å². The van der Waals surface area contributed by atoms with E-state index in [1.165, 1.54) is 29.2 Å². The summed E-state index contributed by atoms with van der Waals surface area (Å²) in [6, 6.07) is 21.2. The van der Waals surface area contributed by atoms with Crippen LogP contribution in [0.5, 0.6) is 0 Å². The van der Waals surface area contributed by atoms with E-state index in [1.807, 2.05) is 21.2 Å². The van der Waals surface area contributed by atoms with E-state index >= 15 is 0 Å². The molecule has 0 amide bonds. The molecule has 0 radical (unpaired) electrons. The van der Waals surface area contributed by atoms with Crippen LogP contribution in [0.3, 0.4) is 0 Å². The minimum atomic E-state index is -1.75. The second-order valence-electron chi connectivity index (χ2n) is 4.47. The molecule has 20 heavy (non-hydrogen) atoms. The lowest BCUT2D eigenvalue weighted by molar-refractivity contribution is 0.898. The quantitative estimate of drug-likeness (QED) is 0.386. The molecule has 0 aliphatic rings. The molecule has 0 fully saturated rings. The van der Waals surface area contributed by atoms with Crippen LogP contribution < -0.4 is 10.6 Å². The van der Waals surface area contributed by atoms with Crippen LogP contribution in [0.1, 0.15) is 19.8 Å². The third kappa shape index (κ3) is 4.14. The van der Waals surface area contributed by atoms with Crippen molar-refractivity contribution in [2.45, 2.75) is 19.8 Å². The second kappa shape index (κ2) is 8.29. The minimum Gasteiger partial charge on any atom is -0.0882 e. The first kappa shape index (κ1) is 16.2. The van der Waals surface area contributed by atoms with Gasteiger partial charge in [0.25, 0.3) is 0 Å². The second-order valence-corrected chi connectivity index (χ2v) is 13.9. The molecule has 0 bridgehead atoms. The summed E-state index contributed by atoms with van der Waals surface area (Å²) in [6.45, 7) is 2.23. The lowest BCUT2D eigenvalue weighted by Gasteiger charge is -2.21. The number of hydrogen-bond acceptors (Lipinski definition) is 3. The molecule has 0 spiro atoms. The van der Waals surface area contributed by atoms with Gasteiger partial charge in [0.1, 0.15) is 0 Å². The van der Waals surface area contributed by atoms with Crippen molar-refractivity contribution < 1.29 is 0 Å². The highest BCUT2D eigenvalue weighted by molar-refractivity contribution is 9.06. The highest BCUT2D eigenvalue weighted by Crippen LogP contribution is 2.62. The molecule has 0 heterocycles. The Morgan fingerprint density at radius 2 is 1.40 bits per heavy atom. The van der Waals surface area contributed by atoms with Gasteiger partial charge in [0.15, 0.2) is 0 Å². The molecule has 2 aromatic rings. The fourth-order valence-electron chi connectivity index (χ4n) is 1.80. The molecule has 0 aliphatic heterocycles. The van der Waals surface area contributed by atoms with Crippen LogP contribution in [-0.4, -0.2) is 5.75 Å². The minimum absolute atomic E-state index is 1.18. The van der Waals surface area contributed by atoms with Crippen molar-refractivity contribution in [2.75, 3.05) is 5.75 Å². The highest BCUT2D eigenvalue weighted by atomic mass is 33.4. The summed E-state index contributed by atoms with van der Waals surface area (Å²) in [5.41, 5.74) is 0. The molecule has 0 saturated carbocycles. The summed E-state index contributed by atoms with van der Waals surface area (Å²) in [5, 5.41) is 0.851. The number of benzene rings is 2. The Bertz CT molecular complexity index is 511. The van der Waals surface area contributed by atoms with Crippen LogP contribution >= 0.6 is 26.4 Å². The molecular formula is C16H19PS3. The fourth-order valence-corrected chi connectivity index (χ4v) is 11.7. The first-order valence-electron chi connectivity index (χ1n) is 6.80. The topological polar surface area (TPSA) is 0 Å². The van der Waals surface area contributed by atoms with Gasteiger partial charge >= 0.3 is 0 Å². The predicted octanol–water partition coefficient (Wildman–Crippen LogP) is 5.21. The first-order valence-corrected chi connectivity index (χ1v) is 12.5. The molecule has 4 heteroatoms. The smallest absolute Gasteiger partial charge is 0.0719 e. The summed E-state index contributed by atoms with van der Waals surface area (Å²) in [5.74, 6) is 1.18. The van der Waals surface area contributed by atoms with Gasteiger partial charge in [-0.15, -0.1) is 0 Å². The van der Waals surface area contributed by atoms with Gasteiger partial charge in [0.05, 0.1) is 5.24 Å². The average Bonchev–Trinajstić information content (AvgIpc) is 2.53. The van der Waals surface area contributed by atoms with Crippen LogP contribution in [0.15, 0.2) is 60.7 Å². The molecule has 0 atom stereocenters. The van der Waals surface area contributed by atoms with E-state index in [0.717, 1.165) is 0 Å². The molecule has 0 aliphatic carbocycles. The Labute approximate surface area is 134 Å². The Balaban J connectivity index is 2.27. The molecule has 0 aromatic heterocycles. The van der Waals surface area contributed by atoms with Gasteiger partial charge in [-0.3, -0.25) is 0 Å². The fraction of sp³-hybridized carbons (Fsp3) is 0.250. The normalized spacial score (nSPS) is 11.4. The van der Waals surface area contributed by atoms with Gasteiger partial charge < -0.3 is 0 Å². The van der Waals surface area contributed by atoms with E-state index in [2.05, 4.69) is 67.6 Å². The first-order chi connectivity index (χ1) is 9.77. The summed E-state index contributed by atoms with van der Waals surface area (Å²) < 4.78 is 0. The van der Waals surface area contributed by atoms with Crippen LogP contribution in [0, 0.1) is 0 Å². The Kier molecular flexibility index (Phi) is 6.70. The summed E-state index contributed by atoms with van der Waals surface area (Å²) >= 11 is 6.14. The van der Waals surface area contributed by atoms with E-state index < -0.39 is 5.24 Å². The van der Waals surface area contributed by atoms with Crippen molar-refractivity contribution in [1.82, 2.24) is 0 Å². The van der Waals surface area contributed by atoms with Crippen LogP contribution in [0.2, 0.25) is 0 Å². The molecule has 0 unspecified atom stereocenters. The number of rotatable bonds is 7. The maximum atomic E-state index is 6.14.